The summed E-state index contributed by atoms with van der Waals surface area (Å²) < 4.78 is 17.7. The van der Waals surface area contributed by atoms with Crippen molar-refractivity contribution in [3.63, 3.8) is 0 Å². The van der Waals surface area contributed by atoms with Gasteiger partial charge in [0.2, 0.25) is 0 Å². The third-order valence-electron chi connectivity index (χ3n) is 10.3. The molecule has 1 aliphatic carbocycles. The van der Waals surface area contributed by atoms with Crippen molar-refractivity contribution < 1.29 is 28.6 Å². The van der Waals surface area contributed by atoms with Gasteiger partial charge in [-0.1, -0.05) is 54.6 Å². The molecule has 4 aliphatic rings. The van der Waals surface area contributed by atoms with Crippen molar-refractivity contribution in [1.29, 1.82) is 0 Å². The van der Waals surface area contributed by atoms with Gasteiger partial charge in [-0.15, -0.1) is 0 Å². The summed E-state index contributed by atoms with van der Waals surface area (Å²) in [7, 11) is 1.60. The molecule has 4 aromatic rings. The largest absolute Gasteiger partial charge is 0.497 e. The number of β-lactam (4-membered cyclic amide) rings is 1. The van der Waals surface area contributed by atoms with Crippen LogP contribution >= 0.6 is 0 Å². The fraction of sp³-hybridized carbons (Fsp3) is 0.324. The normalized spacial score (nSPS) is 28.4. The molecule has 8 rings (SSSR count). The van der Waals surface area contributed by atoms with E-state index in [0.717, 1.165) is 29.2 Å². The van der Waals surface area contributed by atoms with Gasteiger partial charge in [-0.3, -0.25) is 19.3 Å². The average molecular weight is 603 g/mol. The third kappa shape index (κ3) is 3.78. The Bertz CT molecular complexity index is 1820. The predicted molar refractivity (Wildman–Crippen MR) is 168 cm³/mol. The number of para-hydroxylation sites is 1. The van der Waals surface area contributed by atoms with Gasteiger partial charge < -0.3 is 19.1 Å². The molecule has 3 saturated heterocycles. The third-order valence-corrected chi connectivity index (χ3v) is 10.3. The molecule has 228 valence electrons. The van der Waals surface area contributed by atoms with Crippen molar-refractivity contribution >= 4 is 34.1 Å². The van der Waals surface area contributed by atoms with Gasteiger partial charge in [0.05, 0.1) is 25.7 Å². The Morgan fingerprint density at radius 2 is 1.67 bits per heavy atom. The molecule has 6 atom stereocenters. The Hall–Kier alpha value is -4.69. The van der Waals surface area contributed by atoms with E-state index in [0.29, 0.717) is 29.3 Å². The van der Waals surface area contributed by atoms with Crippen LogP contribution in [0.2, 0.25) is 0 Å². The van der Waals surface area contributed by atoms with Gasteiger partial charge in [0, 0.05) is 23.2 Å². The Kier molecular flexibility index (Phi) is 6.46. The number of esters is 1. The maximum Gasteiger partial charge on any atom is 0.312 e. The van der Waals surface area contributed by atoms with Crippen LogP contribution in [0, 0.1) is 11.8 Å². The topological polar surface area (TPSA) is 85.4 Å². The van der Waals surface area contributed by atoms with Crippen LogP contribution in [0.3, 0.4) is 0 Å². The minimum atomic E-state index is -1.23. The number of carbonyl (C=O) groups excluding carboxylic acids is 3. The Balaban J connectivity index is 1.32. The van der Waals surface area contributed by atoms with Crippen molar-refractivity contribution in [3.8, 4) is 11.5 Å². The lowest BCUT2D eigenvalue weighted by Gasteiger charge is -2.51. The predicted octanol–water partition coefficient (Wildman–Crippen LogP) is 5.38. The van der Waals surface area contributed by atoms with Crippen LogP contribution in [0.5, 0.6) is 11.5 Å². The second kappa shape index (κ2) is 10.4. The number of benzene rings is 4. The SMILES string of the molecule is CCOC(=O)[C@@H]1[C@@H]([C@H]2[C@@H](Oc3ccccc3)C(=O)N2c2ccc(OC)cc2)C2CCCN2[C@]12C(=O)c1cccc3cccc2c13. The molecule has 0 N–H and O–H groups in total. The van der Waals surface area contributed by atoms with E-state index in [9.17, 15) is 14.4 Å². The minimum absolute atomic E-state index is 0.0658. The number of hydrogen-bond acceptors (Lipinski definition) is 7. The van der Waals surface area contributed by atoms with E-state index in [-0.39, 0.29) is 24.3 Å². The van der Waals surface area contributed by atoms with Crippen molar-refractivity contribution in [1.82, 2.24) is 4.90 Å². The van der Waals surface area contributed by atoms with E-state index in [1.54, 1.807) is 18.9 Å². The van der Waals surface area contributed by atoms with Gasteiger partial charge in [0.15, 0.2) is 11.9 Å². The van der Waals surface area contributed by atoms with E-state index < -0.39 is 35.5 Å². The molecule has 3 heterocycles. The average Bonchev–Trinajstić information content (AvgIpc) is 3.73. The molecule has 45 heavy (non-hydrogen) atoms. The number of Topliss-reactive ketones (excluding diaryl/α,β-unsaturated/α-hetero) is 1. The molecule has 1 unspecified atom stereocenters. The molecule has 1 spiro atoms. The van der Waals surface area contributed by atoms with Crippen LogP contribution in [-0.2, 0) is 19.9 Å². The molecule has 3 fully saturated rings. The number of carbonyl (C=O) groups is 3. The molecule has 1 amide bonds. The highest BCUT2D eigenvalue weighted by molar-refractivity contribution is 6.21. The second-order valence-electron chi connectivity index (χ2n) is 12.3. The maximum atomic E-state index is 14.9. The molecule has 0 radical (unpaired) electrons. The molecule has 0 aromatic heterocycles. The van der Waals surface area contributed by atoms with Gasteiger partial charge in [-0.05, 0) is 79.0 Å². The van der Waals surface area contributed by atoms with E-state index in [1.165, 1.54) is 0 Å². The Labute approximate surface area is 261 Å². The quantitative estimate of drug-likeness (QED) is 0.208. The summed E-state index contributed by atoms with van der Waals surface area (Å²) in [5.74, 6) is -0.707. The molecular weight excluding hydrogens is 568 g/mol. The lowest BCUT2D eigenvalue weighted by molar-refractivity contribution is -0.155. The standard InChI is InChI=1S/C37H34N2O6/c1-3-44-36(42)31-30(28-16-9-21-38(28)37(31)27-15-8-11-22-10-7-14-26(29(22)27)34(37)40)32-33(45-25-12-5-4-6-13-25)35(41)39(32)23-17-19-24(43-2)20-18-23/h4-8,10-15,17-20,28,30-33H,3,9,16,21H2,1-2H3/t28?,30-,31-,32-,33+,37-/m0/s1. The van der Waals surface area contributed by atoms with Crippen molar-refractivity contribution in [3.05, 3.63) is 102 Å². The number of methoxy groups -OCH3 is 1. The zero-order valence-corrected chi connectivity index (χ0v) is 25.2. The lowest BCUT2D eigenvalue weighted by atomic mass is 9.67. The highest BCUT2D eigenvalue weighted by Crippen LogP contribution is 2.62. The second-order valence-corrected chi connectivity index (χ2v) is 12.3. The first-order valence-corrected chi connectivity index (χ1v) is 15.7. The minimum Gasteiger partial charge on any atom is -0.497 e. The fourth-order valence-corrected chi connectivity index (χ4v) is 8.73. The first-order chi connectivity index (χ1) is 22.0. The summed E-state index contributed by atoms with van der Waals surface area (Å²) >= 11 is 0. The number of rotatable bonds is 7. The van der Waals surface area contributed by atoms with Gasteiger partial charge >= 0.3 is 5.97 Å². The zero-order chi connectivity index (χ0) is 30.9. The number of hydrogen-bond donors (Lipinski definition) is 0. The van der Waals surface area contributed by atoms with Gasteiger partial charge in [-0.2, -0.15) is 0 Å². The molecule has 3 aliphatic heterocycles. The van der Waals surface area contributed by atoms with Crippen LogP contribution in [0.4, 0.5) is 5.69 Å². The molecular formula is C37H34N2O6. The van der Waals surface area contributed by atoms with Crippen LogP contribution in [0.1, 0.15) is 35.7 Å². The number of anilines is 1. The molecule has 0 saturated carbocycles. The van der Waals surface area contributed by atoms with E-state index >= 15 is 0 Å². The maximum absolute atomic E-state index is 14.9. The first kappa shape index (κ1) is 27.8. The van der Waals surface area contributed by atoms with Crippen molar-refractivity contribution in [2.24, 2.45) is 11.8 Å². The number of ether oxygens (including phenoxy) is 3. The summed E-state index contributed by atoms with van der Waals surface area (Å²) in [6.45, 7) is 2.64. The fourth-order valence-electron chi connectivity index (χ4n) is 8.73. The Morgan fingerprint density at radius 3 is 2.40 bits per heavy atom. The summed E-state index contributed by atoms with van der Waals surface area (Å²) in [5.41, 5.74) is 0.950. The summed E-state index contributed by atoms with van der Waals surface area (Å²) in [6.07, 6.45) is 0.829. The lowest BCUT2D eigenvalue weighted by Crippen LogP contribution is -2.72. The number of fused-ring (bicyclic) bond motifs is 3. The van der Waals surface area contributed by atoms with Crippen LogP contribution in [-0.4, -0.2) is 61.0 Å². The number of nitrogens with zero attached hydrogens (tertiary/aromatic N) is 2. The highest BCUT2D eigenvalue weighted by Gasteiger charge is 2.73. The molecule has 4 aromatic carbocycles. The summed E-state index contributed by atoms with van der Waals surface area (Å²) in [4.78, 5) is 47.4. The monoisotopic (exact) mass is 602 g/mol. The van der Waals surface area contributed by atoms with Crippen LogP contribution in [0.25, 0.3) is 10.8 Å². The zero-order valence-electron chi connectivity index (χ0n) is 25.2. The van der Waals surface area contributed by atoms with E-state index in [4.69, 9.17) is 14.2 Å². The van der Waals surface area contributed by atoms with Crippen molar-refractivity contribution in [2.45, 2.75) is 43.5 Å². The number of ketones is 1. The number of amides is 1. The first-order valence-electron chi connectivity index (χ1n) is 15.7. The summed E-state index contributed by atoms with van der Waals surface area (Å²) in [5, 5.41) is 1.88. The molecule has 8 nitrogen and oxygen atoms in total. The smallest absolute Gasteiger partial charge is 0.312 e. The van der Waals surface area contributed by atoms with Crippen LogP contribution < -0.4 is 14.4 Å². The van der Waals surface area contributed by atoms with Gasteiger partial charge in [-0.25, -0.2) is 0 Å². The van der Waals surface area contributed by atoms with Gasteiger partial charge in [0.1, 0.15) is 17.0 Å². The molecule has 0 bridgehead atoms. The van der Waals surface area contributed by atoms with E-state index in [1.807, 2.05) is 91.0 Å². The highest BCUT2D eigenvalue weighted by atomic mass is 16.5. The summed E-state index contributed by atoms with van der Waals surface area (Å²) in [6, 6.07) is 27.8. The van der Waals surface area contributed by atoms with E-state index in [2.05, 4.69) is 4.90 Å². The van der Waals surface area contributed by atoms with Gasteiger partial charge in [0.25, 0.3) is 5.91 Å². The molecule has 8 heteroatoms. The Morgan fingerprint density at radius 1 is 0.911 bits per heavy atom. The van der Waals surface area contributed by atoms with Crippen LogP contribution in [0.15, 0.2) is 91.0 Å². The van der Waals surface area contributed by atoms with Crippen molar-refractivity contribution in [2.75, 3.05) is 25.2 Å².